The van der Waals surface area contributed by atoms with E-state index in [4.69, 9.17) is 5.14 Å². The van der Waals surface area contributed by atoms with E-state index in [0.29, 0.717) is 12.1 Å². The first-order valence-corrected chi connectivity index (χ1v) is 5.81. The van der Waals surface area contributed by atoms with Crippen LogP contribution in [-0.2, 0) is 16.6 Å². The van der Waals surface area contributed by atoms with Crippen LogP contribution in [0.1, 0.15) is 5.56 Å². The molecular formula is C9H13FN2O2S. The number of rotatable bonds is 3. The second kappa shape index (κ2) is 4.26. The molecule has 0 atom stereocenters. The van der Waals surface area contributed by atoms with Gasteiger partial charge in [0.05, 0.1) is 0 Å². The summed E-state index contributed by atoms with van der Waals surface area (Å²) in [6, 6.07) is 3.91. The van der Waals surface area contributed by atoms with Crippen LogP contribution in [0.5, 0.6) is 0 Å². The van der Waals surface area contributed by atoms with Crippen LogP contribution in [0.2, 0.25) is 0 Å². The third-order valence-corrected chi connectivity index (χ3v) is 2.75. The van der Waals surface area contributed by atoms with Gasteiger partial charge in [-0.25, -0.2) is 17.9 Å². The van der Waals surface area contributed by atoms with Crippen molar-refractivity contribution in [3.63, 3.8) is 0 Å². The van der Waals surface area contributed by atoms with Crippen molar-refractivity contribution in [1.82, 2.24) is 4.90 Å². The van der Waals surface area contributed by atoms with E-state index in [2.05, 4.69) is 0 Å². The van der Waals surface area contributed by atoms with Crippen molar-refractivity contribution in [2.75, 3.05) is 14.1 Å². The highest BCUT2D eigenvalue weighted by atomic mass is 32.2. The smallest absolute Gasteiger partial charge is 0.240 e. The molecule has 15 heavy (non-hydrogen) atoms. The number of hydrogen-bond donors (Lipinski definition) is 1. The predicted octanol–water partition coefficient (Wildman–Crippen LogP) is 0.535. The van der Waals surface area contributed by atoms with Crippen LogP contribution < -0.4 is 5.14 Å². The molecule has 6 heteroatoms. The molecule has 2 N–H and O–H groups in total. The molecule has 0 fully saturated rings. The molecular weight excluding hydrogens is 219 g/mol. The van der Waals surface area contributed by atoms with Gasteiger partial charge in [-0.15, -0.1) is 0 Å². The largest absolute Gasteiger partial charge is 0.305 e. The molecule has 1 aromatic carbocycles. The van der Waals surface area contributed by atoms with Gasteiger partial charge in [-0.05, 0) is 31.8 Å². The molecule has 0 bridgehead atoms. The number of nitrogens with two attached hydrogens (primary N) is 1. The van der Waals surface area contributed by atoms with E-state index in [-0.39, 0.29) is 0 Å². The summed E-state index contributed by atoms with van der Waals surface area (Å²) in [6.45, 7) is 0.543. The third-order valence-electron chi connectivity index (χ3n) is 1.80. The van der Waals surface area contributed by atoms with Gasteiger partial charge in [-0.2, -0.15) is 0 Å². The fraction of sp³-hybridized carbons (Fsp3) is 0.333. The number of nitrogens with zero attached hydrogens (tertiary/aromatic N) is 1. The maximum atomic E-state index is 13.3. The normalized spacial score (nSPS) is 12.1. The van der Waals surface area contributed by atoms with Crippen LogP contribution in [0.15, 0.2) is 23.1 Å². The highest BCUT2D eigenvalue weighted by Crippen LogP contribution is 2.15. The summed E-state index contributed by atoms with van der Waals surface area (Å²) in [7, 11) is -0.290. The van der Waals surface area contributed by atoms with E-state index in [9.17, 15) is 12.8 Å². The molecule has 0 saturated carbocycles. The Morgan fingerprint density at radius 2 is 2.00 bits per heavy atom. The van der Waals surface area contributed by atoms with Gasteiger partial charge < -0.3 is 4.90 Å². The van der Waals surface area contributed by atoms with E-state index < -0.39 is 20.7 Å². The SMILES string of the molecule is CN(C)Cc1ccc(S(N)(=O)=O)c(F)c1. The van der Waals surface area contributed by atoms with Crippen LogP contribution in [0.3, 0.4) is 0 Å². The van der Waals surface area contributed by atoms with Crippen LogP contribution >= 0.6 is 0 Å². The van der Waals surface area contributed by atoms with Gasteiger partial charge in [0.1, 0.15) is 10.7 Å². The zero-order chi connectivity index (χ0) is 11.6. The quantitative estimate of drug-likeness (QED) is 0.827. The average Bonchev–Trinajstić information content (AvgIpc) is 1.99. The van der Waals surface area contributed by atoms with Gasteiger partial charge >= 0.3 is 0 Å². The Morgan fingerprint density at radius 3 is 2.40 bits per heavy atom. The standard InChI is InChI=1S/C9H13FN2O2S/c1-12(2)6-7-3-4-9(8(10)5-7)15(11,13)14/h3-5H,6H2,1-2H3,(H2,11,13,14). The van der Waals surface area contributed by atoms with Crippen molar-refractivity contribution in [1.29, 1.82) is 0 Å². The summed E-state index contributed by atoms with van der Waals surface area (Å²) in [5.74, 6) is -0.808. The van der Waals surface area contributed by atoms with Crippen LogP contribution in [0.25, 0.3) is 0 Å². The molecule has 4 nitrogen and oxygen atoms in total. The maximum Gasteiger partial charge on any atom is 0.240 e. The molecule has 1 rings (SSSR count). The zero-order valence-electron chi connectivity index (χ0n) is 8.57. The Labute approximate surface area is 88.6 Å². The summed E-state index contributed by atoms with van der Waals surface area (Å²) in [6.07, 6.45) is 0. The van der Waals surface area contributed by atoms with Crippen molar-refractivity contribution in [3.05, 3.63) is 29.6 Å². The molecule has 0 unspecified atom stereocenters. The molecule has 0 aliphatic heterocycles. The van der Waals surface area contributed by atoms with Crippen LogP contribution in [0, 0.1) is 5.82 Å². The van der Waals surface area contributed by atoms with Crippen molar-refractivity contribution < 1.29 is 12.8 Å². The summed E-state index contributed by atoms with van der Waals surface area (Å²) in [5, 5.41) is 4.83. The number of hydrogen-bond acceptors (Lipinski definition) is 3. The van der Waals surface area contributed by atoms with E-state index in [1.807, 2.05) is 19.0 Å². The zero-order valence-corrected chi connectivity index (χ0v) is 9.38. The molecule has 0 radical (unpaired) electrons. The minimum Gasteiger partial charge on any atom is -0.305 e. The summed E-state index contributed by atoms with van der Waals surface area (Å²) < 4.78 is 35.1. The minimum atomic E-state index is -3.97. The summed E-state index contributed by atoms with van der Waals surface area (Å²) in [4.78, 5) is 1.38. The molecule has 0 heterocycles. The maximum absolute atomic E-state index is 13.3. The Morgan fingerprint density at radius 1 is 1.40 bits per heavy atom. The highest BCUT2D eigenvalue weighted by Gasteiger charge is 2.14. The van der Waals surface area contributed by atoms with Crippen molar-refractivity contribution >= 4 is 10.0 Å². The lowest BCUT2D eigenvalue weighted by Gasteiger charge is -2.10. The second-order valence-electron chi connectivity index (χ2n) is 3.55. The lowest BCUT2D eigenvalue weighted by molar-refractivity contribution is 0.401. The Kier molecular flexibility index (Phi) is 3.43. The molecule has 0 aliphatic carbocycles. The Bertz CT molecular complexity index is 457. The fourth-order valence-corrected chi connectivity index (χ4v) is 1.83. The molecule has 0 aliphatic rings. The van der Waals surface area contributed by atoms with E-state index in [1.165, 1.54) is 12.1 Å². The number of benzene rings is 1. The van der Waals surface area contributed by atoms with Gasteiger partial charge in [-0.1, -0.05) is 6.07 Å². The molecule has 0 amide bonds. The second-order valence-corrected chi connectivity index (χ2v) is 5.08. The molecule has 0 saturated heterocycles. The van der Waals surface area contributed by atoms with Crippen molar-refractivity contribution in [2.45, 2.75) is 11.4 Å². The number of sulfonamides is 1. The van der Waals surface area contributed by atoms with Crippen molar-refractivity contribution in [3.8, 4) is 0 Å². The molecule has 84 valence electrons. The summed E-state index contributed by atoms with van der Waals surface area (Å²) in [5.41, 5.74) is 0.699. The summed E-state index contributed by atoms with van der Waals surface area (Å²) >= 11 is 0. The monoisotopic (exact) mass is 232 g/mol. The molecule has 0 spiro atoms. The topological polar surface area (TPSA) is 63.4 Å². The first-order chi connectivity index (χ1) is 6.80. The van der Waals surface area contributed by atoms with Gasteiger partial charge in [0.2, 0.25) is 10.0 Å². The van der Waals surface area contributed by atoms with E-state index in [1.54, 1.807) is 6.07 Å². The molecule has 1 aromatic rings. The highest BCUT2D eigenvalue weighted by molar-refractivity contribution is 7.89. The van der Waals surface area contributed by atoms with Crippen LogP contribution in [0.4, 0.5) is 4.39 Å². The number of primary sulfonamides is 1. The third kappa shape index (κ3) is 3.26. The number of halogens is 1. The average molecular weight is 232 g/mol. The van der Waals surface area contributed by atoms with Gasteiger partial charge in [-0.3, -0.25) is 0 Å². The predicted molar refractivity (Wildman–Crippen MR) is 55.2 cm³/mol. The van der Waals surface area contributed by atoms with E-state index in [0.717, 1.165) is 0 Å². The Hall–Kier alpha value is -0.980. The van der Waals surface area contributed by atoms with Gasteiger partial charge in [0, 0.05) is 6.54 Å². The van der Waals surface area contributed by atoms with Crippen LogP contribution in [-0.4, -0.2) is 27.4 Å². The van der Waals surface area contributed by atoms with Gasteiger partial charge in [0.15, 0.2) is 0 Å². The Balaban J connectivity index is 3.09. The first-order valence-electron chi connectivity index (χ1n) is 4.26. The van der Waals surface area contributed by atoms with E-state index >= 15 is 0 Å². The minimum absolute atomic E-state index is 0.468. The van der Waals surface area contributed by atoms with Gasteiger partial charge in [0.25, 0.3) is 0 Å². The molecule has 0 aromatic heterocycles. The fourth-order valence-electron chi connectivity index (χ4n) is 1.24. The van der Waals surface area contributed by atoms with Crippen molar-refractivity contribution in [2.24, 2.45) is 5.14 Å². The lowest BCUT2D eigenvalue weighted by atomic mass is 10.2. The first kappa shape index (κ1) is 12.1. The lowest BCUT2D eigenvalue weighted by Crippen LogP contribution is -2.15.